The molecule has 2 amide bonds. The lowest BCUT2D eigenvalue weighted by molar-refractivity contribution is -0.152. The van der Waals surface area contributed by atoms with Crippen LogP contribution in [0.25, 0.3) is 0 Å². The number of anilines is 1. The fraction of sp³-hybridized carbons (Fsp3) is 0.467. The Morgan fingerprint density at radius 1 is 1.38 bits per heavy atom. The molecule has 1 aromatic carbocycles. The second kappa shape index (κ2) is 6.22. The number of nitrogens with zero attached hydrogens (tertiary/aromatic N) is 1. The van der Waals surface area contributed by atoms with Crippen LogP contribution in [-0.4, -0.2) is 42.0 Å². The van der Waals surface area contributed by atoms with E-state index in [0.717, 1.165) is 0 Å². The molecule has 1 aromatic rings. The van der Waals surface area contributed by atoms with Crippen LogP contribution in [0.2, 0.25) is 0 Å². The molecule has 1 saturated heterocycles. The van der Waals surface area contributed by atoms with Gasteiger partial charge in [-0.15, -0.1) is 0 Å². The summed E-state index contributed by atoms with van der Waals surface area (Å²) >= 11 is 0. The van der Waals surface area contributed by atoms with Crippen LogP contribution in [0.15, 0.2) is 18.2 Å². The third-order valence-electron chi connectivity index (χ3n) is 3.79. The van der Waals surface area contributed by atoms with Gasteiger partial charge >= 0.3 is 11.8 Å². The Kier molecular flexibility index (Phi) is 4.57. The van der Waals surface area contributed by atoms with Crippen molar-refractivity contribution in [3.63, 3.8) is 0 Å². The molecule has 0 aromatic heterocycles. The molecule has 2 rings (SSSR count). The molecule has 2 atom stereocenters. The van der Waals surface area contributed by atoms with Gasteiger partial charge in [-0.25, -0.2) is 4.39 Å². The zero-order chi connectivity index (χ0) is 15.6. The Labute approximate surface area is 123 Å². The average molecular weight is 294 g/mol. The molecule has 114 valence electrons. The van der Waals surface area contributed by atoms with E-state index < -0.39 is 17.6 Å². The van der Waals surface area contributed by atoms with E-state index >= 15 is 0 Å². The summed E-state index contributed by atoms with van der Waals surface area (Å²) in [6.45, 7) is 6.21. The molecule has 1 N–H and O–H groups in total. The third-order valence-corrected chi connectivity index (χ3v) is 3.79. The molecule has 0 spiro atoms. The Morgan fingerprint density at radius 3 is 2.81 bits per heavy atom. The lowest BCUT2D eigenvalue weighted by Crippen LogP contribution is -2.54. The normalized spacial score (nSPS) is 22.0. The van der Waals surface area contributed by atoms with Gasteiger partial charge in [-0.05, 0) is 38.5 Å². The predicted octanol–water partition coefficient (Wildman–Crippen LogP) is 1.71. The molecule has 0 aliphatic carbocycles. The summed E-state index contributed by atoms with van der Waals surface area (Å²) < 4.78 is 18.6. The van der Waals surface area contributed by atoms with Crippen molar-refractivity contribution < 1.29 is 18.7 Å². The summed E-state index contributed by atoms with van der Waals surface area (Å²) in [5.74, 6) is -1.84. The summed E-state index contributed by atoms with van der Waals surface area (Å²) in [5.41, 5.74) is 1.00. The zero-order valence-corrected chi connectivity index (χ0v) is 12.4. The number of morpholine rings is 1. The number of carbonyl (C=O) groups is 2. The fourth-order valence-electron chi connectivity index (χ4n) is 2.25. The number of halogens is 1. The number of hydrogen-bond donors (Lipinski definition) is 1. The van der Waals surface area contributed by atoms with Crippen LogP contribution < -0.4 is 5.32 Å². The molecule has 6 heteroatoms. The van der Waals surface area contributed by atoms with Gasteiger partial charge in [-0.3, -0.25) is 9.59 Å². The molecule has 5 nitrogen and oxygen atoms in total. The van der Waals surface area contributed by atoms with Crippen LogP contribution in [0, 0.1) is 12.7 Å². The topological polar surface area (TPSA) is 58.6 Å². The number of aryl methyl sites for hydroxylation is 1. The van der Waals surface area contributed by atoms with E-state index in [1.807, 2.05) is 13.8 Å². The van der Waals surface area contributed by atoms with Crippen molar-refractivity contribution in [2.24, 2.45) is 0 Å². The molecule has 0 saturated carbocycles. The van der Waals surface area contributed by atoms with Crippen LogP contribution in [-0.2, 0) is 14.3 Å². The van der Waals surface area contributed by atoms with E-state index in [1.165, 1.54) is 17.0 Å². The van der Waals surface area contributed by atoms with E-state index in [1.54, 1.807) is 13.0 Å². The van der Waals surface area contributed by atoms with Gasteiger partial charge in [0.2, 0.25) is 0 Å². The highest BCUT2D eigenvalue weighted by Crippen LogP contribution is 2.17. The van der Waals surface area contributed by atoms with Crippen molar-refractivity contribution >= 4 is 17.5 Å². The second-order valence-corrected chi connectivity index (χ2v) is 5.23. The van der Waals surface area contributed by atoms with Gasteiger partial charge < -0.3 is 15.0 Å². The molecule has 1 aliphatic heterocycles. The first-order valence-electron chi connectivity index (χ1n) is 6.90. The van der Waals surface area contributed by atoms with Crippen molar-refractivity contribution in [3.8, 4) is 0 Å². The van der Waals surface area contributed by atoms with Gasteiger partial charge in [0.1, 0.15) is 5.82 Å². The Bertz CT molecular complexity index is 562. The van der Waals surface area contributed by atoms with Gasteiger partial charge in [0, 0.05) is 12.2 Å². The van der Waals surface area contributed by atoms with Crippen molar-refractivity contribution in [1.82, 2.24) is 4.90 Å². The maximum atomic E-state index is 13.2. The van der Waals surface area contributed by atoms with Gasteiger partial charge in [-0.1, -0.05) is 6.07 Å². The molecule has 1 fully saturated rings. The zero-order valence-electron chi connectivity index (χ0n) is 12.4. The van der Waals surface area contributed by atoms with Gasteiger partial charge in [-0.2, -0.15) is 0 Å². The lowest BCUT2D eigenvalue weighted by atomic mass is 10.1. The number of ether oxygens (including phenoxy) is 1. The van der Waals surface area contributed by atoms with E-state index in [-0.39, 0.29) is 12.1 Å². The number of rotatable bonds is 1. The van der Waals surface area contributed by atoms with Crippen LogP contribution in [0.5, 0.6) is 0 Å². The number of nitrogens with one attached hydrogen (secondary N) is 1. The minimum absolute atomic E-state index is 0.119. The van der Waals surface area contributed by atoms with Gasteiger partial charge in [0.25, 0.3) is 0 Å². The highest BCUT2D eigenvalue weighted by atomic mass is 19.1. The maximum absolute atomic E-state index is 13.2. The van der Waals surface area contributed by atoms with Crippen molar-refractivity contribution in [2.75, 3.05) is 18.5 Å². The first kappa shape index (κ1) is 15.4. The Morgan fingerprint density at radius 2 is 2.10 bits per heavy atom. The minimum Gasteiger partial charge on any atom is -0.375 e. The van der Waals surface area contributed by atoms with E-state index in [0.29, 0.717) is 24.4 Å². The van der Waals surface area contributed by atoms with E-state index in [4.69, 9.17) is 4.74 Å². The molecule has 21 heavy (non-hydrogen) atoms. The summed E-state index contributed by atoms with van der Waals surface area (Å²) in [4.78, 5) is 25.8. The molecule has 0 radical (unpaired) electrons. The predicted molar refractivity (Wildman–Crippen MR) is 76.4 cm³/mol. The molecular weight excluding hydrogens is 275 g/mol. The number of benzene rings is 1. The smallest absolute Gasteiger partial charge is 0.313 e. The average Bonchev–Trinajstić information content (AvgIpc) is 2.45. The van der Waals surface area contributed by atoms with E-state index in [9.17, 15) is 14.0 Å². The van der Waals surface area contributed by atoms with Crippen LogP contribution in [0.4, 0.5) is 10.1 Å². The van der Waals surface area contributed by atoms with Crippen molar-refractivity contribution in [2.45, 2.75) is 32.9 Å². The van der Waals surface area contributed by atoms with Crippen LogP contribution in [0.1, 0.15) is 19.4 Å². The van der Waals surface area contributed by atoms with Crippen LogP contribution >= 0.6 is 0 Å². The highest BCUT2D eigenvalue weighted by molar-refractivity contribution is 6.39. The van der Waals surface area contributed by atoms with Crippen molar-refractivity contribution in [3.05, 3.63) is 29.6 Å². The van der Waals surface area contributed by atoms with E-state index in [2.05, 4.69) is 5.32 Å². The highest BCUT2D eigenvalue weighted by Gasteiger charge is 2.32. The molecular formula is C15H19FN2O3. The van der Waals surface area contributed by atoms with Gasteiger partial charge in [0.05, 0.1) is 18.8 Å². The SMILES string of the molecule is Cc1ccc(F)cc1NC(=O)C(=O)N1CCO[C@H](C)[C@@H]1C. The summed E-state index contributed by atoms with van der Waals surface area (Å²) in [6, 6.07) is 3.88. The maximum Gasteiger partial charge on any atom is 0.313 e. The first-order valence-corrected chi connectivity index (χ1v) is 6.90. The van der Waals surface area contributed by atoms with Gasteiger partial charge in [0.15, 0.2) is 0 Å². The molecule has 0 bridgehead atoms. The Hall–Kier alpha value is -1.95. The monoisotopic (exact) mass is 294 g/mol. The summed E-state index contributed by atoms with van der Waals surface area (Å²) in [7, 11) is 0. The molecule has 1 heterocycles. The number of hydrogen-bond acceptors (Lipinski definition) is 3. The quantitative estimate of drug-likeness (QED) is 0.802. The third kappa shape index (κ3) is 3.39. The molecule has 1 aliphatic rings. The van der Waals surface area contributed by atoms with Crippen molar-refractivity contribution in [1.29, 1.82) is 0 Å². The van der Waals surface area contributed by atoms with Crippen LogP contribution in [0.3, 0.4) is 0 Å². The standard InChI is InChI=1S/C15H19FN2O3/c1-9-4-5-12(16)8-13(9)17-14(19)15(20)18-6-7-21-11(3)10(18)2/h4-5,8,10-11H,6-7H2,1-3H3,(H,17,19)/t10-,11+/m0/s1. The second-order valence-electron chi connectivity index (χ2n) is 5.23. The summed E-state index contributed by atoms with van der Waals surface area (Å²) in [6.07, 6.45) is -0.119. The summed E-state index contributed by atoms with van der Waals surface area (Å²) in [5, 5.41) is 2.47. The number of carbonyl (C=O) groups excluding carboxylic acids is 2. The minimum atomic E-state index is -0.760. The Balaban J connectivity index is 2.09. The molecule has 0 unspecified atom stereocenters. The number of amides is 2. The fourth-order valence-corrected chi connectivity index (χ4v) is 2.25. The lowest BCUT2D eigenvalue weighted by Gasteiger charge is -2.37. The first-order chi connectivity index (χ1) is 9.90. The largest absolute Gasteiger partial charge is 0.375 e.